The highest BCUT2D eigenvalue weighted by Crippen LogP contribution is 1.81. The molecule has 0 amide bonds. The largest absolute Gasteiger partial charge is 0.163 e. The monoisotopic (exact) mass is 116 g/mol. The van der Waals surface area contributed by atoms with Gasteiger partial charge in [-0.3, -0.25) is 0 Å². The van der Waals surface area contributed by atoms with Crippen LogP contribution in [-0.2, 0) is 0 Å². The van der Waals surface area contributed by atoms with Gasteiger partial charge in [0.2, 0.25) is 0 Å². The van der Waals surface area contributed by atoms with E-state index in [1.807, 2.05) is 13.2 Å². The molecule has 0 unspecified atom stereocenters. The van der Waals surface area contributed by atoms with E-state index in [1.165, 1.54) is 11.8 Å². The van der Waals surface area contributed by atoms with Gasteiger partial charge in [-0.2, -0.15) is 10.2 Å². The normalized spacial score (nSPS) is 11.7. The first-order valence-corrected chi connectivity index (χ1v) is 3.23. The number of rotatable bonds is 2. The molecule has 2 nitrogen and oxygen atoms in total. The van der Waals surface area contributed by atoms with Crippen LogP contribution in [0.3, 0.4) is 0 Å². The summed E-state index contributed by atoms with van der Waals surface area (Å²) in [6.45, 7) is 1.83. The quantitative estimate of drug-likeness (QED) is 0.304. The maximum atomic E-state index is 3.62. The molecule has 0 rings (SSSR count). The maximum absolute atomic E-state index is 3.62. The van der Waals surface area contributed by atoms with Gasteiger partial charge in [-0.1, -0.05) is 0 Å². The van der Waals surface area contributed by atoms with Crippen LogP contribution in [0.5, 0.6) is 0 Å². The van der Waals surface area contributed by atoms with Crippen LogP contribution in [0.1, 0.15) is 6.92 Å². The molecule has 0 aromatic heterocycles. The zero-order valence-electron chi connectivity index (χ0n) is 4.46. The maximum Gasteiger partial charge on any atom is 0.0822 e. The van der Waals surface area contributed by atoms with Gasteiger partial charge in [-0.05, 0) is 13.2 Å². The van der Waals surface area contributed by atoms with Gasteiger partial charge in [0.25, 0.3) is 0 Å². The van der Waals surface area contributed by atoms with Crippen molar-refractivity contribution in [1.29, 1.82) is 0 Å². The summed E-state index contributed by atoms with van der Waals surface area (Å²) in [4.78, 5) is 0. The van der Waals surface area contributed by atoms with Crippen molar-refractivity contribution < 1.29 is 0 Å². The lowest BCUT2D eigenvalue weighted by Crippen LogP contribution is -1.57. The van der Waals surface area contributed by atoms with Crippen molar-refractivity contribution in [3.8, 4) is 0 Å². The molecule has 3 heteroatoms. The molecule has 0 radical (unpaired) electrons. The van der Waals surface area contributed by atoms with Crippen molar-refractivity contribution in [2.24, 2.45) is 10.2 Å². The molecule has 0 aromatic rings. The smallest absolute Gasteiger partial charge is 0.0822 e. The van der Waals surface area contributed by atoms with Gasteiger partial charge in [0.1, 0.15) is 0 Å². The molecular weight excluding hydrogens is 108 g/mol. The molecule has 0 aromatic carbocycles. The zero-order chi connectivity index (χ0) is 5.54. The van der Waals surface area contributed by atoms with Crippen molar-refractivity contribution in [3.05, 3.63) is 0 Å². The molecule has 7 heavy (non-hydrogen) atoms. The molecule has 0 aliphatic heterocycles. The number of nitrogens with zero attached hydrogens (tertiary/aromatic N) is 2. The standard InChI is InChI=1S/C4H8N2S/c1-3-5-6-4-7-2/h3-4H,1-2H3. The molecule has 0 saturated carbocycles. The van der Waals surface area contributed by atoms with Gasteiger partial charge in [-0.15, -0.1) is 11.8 Å². The van der Waals surface area contributed by atoms with E-state index in [9.17, 15) is 0 Å². The molecule has 0 fully saturated rings. The third-order valence-corrected chi connectivity index (χ3v) is 0.640. The van der Waals surface area contributed by atoms with Gasteiger partial charge in [0.05, 0.1) is 5.55 Å². The molecule has 0 atom stereocenters. The van der Waals surface area contributed by atoms with Crippen LogP contribution in [0.2, 0.25) is 0 Å². The van der Waals surface area contributed by atoms with Gasteiger partial charge >= 0.3 is 0 Å². The van der Waals surface area contributed by atoms with E-state index in [2.05, 4.69) is 10.2 Å². The molecule has 40 valence electrons. The third kappa shape index (κ3) is 5.69. The highest BCUT2D eigenvalue weighted by Gasteiger charge is 1.58. The lowest BCUT2D eigenvalue weighted by Gasteiger charge is -1.70. The van der Waals surface area contributed by atoms with Crippen LogP contribution in [0.15, 0.2) is 10.2 Å². The molecule has 0 N–H and O–H groups in total. The third-order valence-electron chi connectivity index (χ3n) is 0.335. The predicted octanol–water partition coefficient (Wildman–Crippen LogP) is 1.38. The van der Waals surface area contributed by atoms with Crippen LogP contribution >= 0.6 is 11.8 Å². The van der Waals surface area contributed by atoms with Gasteiger partial charge in [-0.25, -0.2) is 0 Å². The summed E-state index contributed by atoms with van der Waals surface area (Å²) in [6.07, 6.45) is 3.58. The van der Waals surface area contributed by atoms with Crippen LogP contribution in [0.4, 0.5) is 0 Å². The van der Waals surface area contributed by atoms with E-state index in [0.29, 0.717) is 0 Å². The van der Waals surface area contributed by atoms with E-state index < -0.39 is 0 Å². The lowest BCUT2D eigenvalue weighted by molar-refractivity contribution is 1.27. The summed E-state index contributed by atoms with van der Waals surface area (Å²) in [5.41, 5.74) is 1.68. The minimum absolute atomic E-state index is 1.54. The zero-order valence-corrected chi connectivity index (χ0v) is 5.27. The Kier molecular flexibility index (Phi) is 5.44. The topological polar surface area (TPSA) is 24.7 Å². The number of hydrogen-bond donors (Lipinski definition) is 0. The fraction of sp³-hybridized carbons (Fsp3) is 0.500. The molecule has 0 saturated heterocycles. The highest BCUT2D eigenvalue weighted by atomic mass is 32.2. The summed E-state index contributed by atoms with van der Waals surface area (Å²) < 4.78 is 0. The SMILES string of the molecule is CC=NN=CSC. The molecule has 0 spiro atoms. The highest BCUT2D eigenvalue weighted by molar-refractivity contribution is 8.11. The second kappa shape index (κ2) is 5.69. The van der Waals surface area contributed by atoms with E-state index in [1.54, 1.807) is 11.8 Å². The van der Waals surface area contributed by atoms with Crippen LogP contribution in [-0.4, -0.2) is 18.0 Å². The van der Waals surface area contributed by atoms with Crippen LogP contribution in [0.25, 0.3) is 0 Å². The van der Waals surface area contributed by atoms with E-state index in [4.69, 9.17) is 0 Å². The average molecular weight is 116 g/mol. The fourth-order valence-corrected chi connectivity index (χ4v) is 0.290. The second-order valence-electron chi connectivity index (χ2n) is 0.830. The van der Waals surface area contributed by atoms with E-state index in [0.717, 1.165) is 0 Å². The minimum Gasteiger partial charge on any atom is -0.163 e. The Morgan fingerprint density at radius 1 is 1.43 bits per heavy atom. The second-order valence-corrected chi connectivity index (χ2v) is 1.51. The Bertz CT molecular complexity index is 77.8. The Hall–Kier alpha value is -0.310. The Morgan fingerprint density at radius 3 is 2.57 bits per heavy atom. The summed E-state index contributed by atoms with van der Waals surface area (Å²) in [7, 11) is 0. The Morgan fingerprint density at radius 2 is 2.14 bits per heavy atom. The van der Waals surface area contributed by atoms with Crippen molar-refractivity contribution in [3.63, 3.8) is 0 Å². The average Bonchev–Trinajstić information content (AvgIpc) is 1.69. The fourth-order valence-electron chi connectivity index (χ4n) is 0.141. The predicted molar refractivity (Wildman–Crippen MR) is 36.2 cm³/mol. The molecule has 0 aliphatic rings. The van der Waals surface area contributed by atoms with Crippen molar-refractivity contribution >= 4 is 23.5 Å². The van der Waals surface area contributed by atoms with Crippen molar-refractivity contribution in [1.82, 2.24) is 0 Å². The van der Waals surface area contributed by atoms with Crippen LogP contribution in [0, 0.1) is 0 Å². The summed E-state index contributed by atoms with van der Waals surface area (Å²) in [6, 6.07) is 0. The molecule has 0 heterocycles. The Balaban J connectivity index is 3.09. The summed E-state index contributed by atoms with van der Waals surface area (Å²) in [5.74, 6) is 0. The van der Waals surface area contributed by atoms with Gasteiger partial charge in [0.15, 0.2) is 0 Å². The first-order chi connectivity index (χ1) is 3.41. The van der Waals surface area contributed by atoms with Crippen molar-refractivity contribution in [2.45, 2.75) is 6.92 Å². The van der Waals surface area contributed by atoms with Gasteiger partial charge < -0.3 is 0 Å². The number of thioether (sulfide) groups is 1. The Labute approximate surface area is 47.7 Å². The lowest BCUT2D eigenvalue weighted by atomic mass is 10.9. The van der Waals surface area contributed by atoms with Crippen LogP contribution < -0.4 is 0 Å². The molecule has 0 aliphatic carbocycles. The van der Waals surface area contributed by atoms with E-state index in [-0.39, 0.29) is 0 Å². The molecule has 0 bridgehead atoms. The summed E-state index contributed by atoms with van der Waals surface area (Å²) >= 11 is 1.54. The number of hydrogen-bond acceptors (Lipinski definition) is 3. The molecular formula is C4H8N2S. The minimum atomic E-state index is 1.54. The van der Waals surface area contributed by atoms with Crippen molar-refractivity contribution in [2.75, 3.05) is 6.26 Å². The van der Waals surface area contributed by atoms with Gasteiger partial charge in [0, 0.05) is 6.21 Å². The summed E-state index contributed by atoms with van der Waals surface area (Å²) in [5, 5.41) is 7.20. The first-order valence-electron chi connectivity index (χ1n) is 1.94. The first kappa shape index (κ1) is 6.69. The van der Waals surface area contributed by atoms with E-state index >= 15 is 0 Å².